The first-order valence-corrected chi connectivity index (χ1v) is 9.83. The number of nitrogens with one attached hydrogen (secondary N) is 2. The van der Waals surface area contributed by atoms with Gasteiger partial charge >= 0.3 is 6.03 Å². The van der Waals surface area contributed by atoms with Crippen LogP contribution in [0.25, 0.3) is 0 Å². The predicted octanol–water partition coefficient (Wildman–Crippen LogP) is 2.96. The van der Waals surface area contributed by atoms with E-state index in [2.05, 4.69) is 39.8 Å². The highest BCUT2D eigenvalue weighted by atomic mass is 16.2. The molecule has 1 fully saturated rings. The number of carbonyl (C=O) groups excluding carboxylic acids is 2. The van der Waals surface area contributed by atoms with E-state index in [9.17, 15) is 9.59 Å². The van der Waals surface area contributed by atoms with Crippen molar-refractivity contribution in [1.29, 1.82) is 0 Å². The van der Waals surface area contributed by atoms with Crippen LogP contribution in [0.2, 0.25) is 0 Å². The molecule has 1 atom stereocenters. The lowest BCUT2D eigenvalue weighted by Crippen LogP contribution is -2.35. The summed E-state index contributed by atoms with van der Waals surface area (Å²) in [5.41, 5.74) is 3.61. The highest BCUT2D eigenvalue weighted by molar-refractivity contribution is 5.99. The van der Waals surface area contributed by atoms with Crippen LogP contribution in [0.15, 0.2) is 48.5 Å². The van der Waals surface area contributed by atoms with Crippen LogP contribution in [-0.4, -0.2) is 50.1 Å². The first kappa shape index (κ1) is 18.3. The zero-order valence-corrected chi connectivity index (χ0v) is 16.1. The van der Waals surface area contributed by atoms with Crippen LogP contribution in [0, 0.1) is 5.92 Å². The van der Waals surface area contributed by atoms with Gasteiger partial charge in [-0.3, -0.25) is 4.79 Å². The van der Waals surface area contributed by atoms with Crippen molar-refractivity contribution in [2.45, 2.75) is 12.8 Å². The minimum absolute atomic E-state index is 0.0114. The van der Waals surface area contributed by atoms with Gasteiger partial charge in [-0.25, -0.2) is 4.79 Å². The first-order chi connectivity index (χ1) is 13.6. The minimum atomic E-state index is -0.227. The predicted molar refractivity (Wildman–Crippen MR) is 111 cm³/mol. The molecule has 3 amide bonds. The van der Waals surface area contributed by atoms with E-state index >= 15 is 0 Å². The number of rotatable bonds is 4. The van der Waals surface area contributed by atoms with Gasteiger partial charge in [0.15, 0.2) is 0 Å². The van der Waals surface area contributed by atoms with Crippen molar-refractivity contribution in [3.8, 4) is 0 Å². The Balaban J connectivity index is 1.29. The normalized spacial score (nSPS) is 18.8. The number of benzene rings is 2. The van der Waals surface area contributed by atoms with E-state index < -0.39 is 0 Å². The third kappa shape index (κ3) is 3.96. The molecular formula is C22H26N4O2. The van der Waals surface area contributed by atoms with Crippen LogP contribution in [0.5, 0.6) is 0 Å². The van der Waals surface area contributed by atoms with E-state index in [1.54, 1.807) is 18.0 Å². The number of fused-ring (bicyclic) bond motifs is 1. The molecule has 2 aliphatic heterocycles. The van der Waals surface area contributed by atoms with Gasteiger partial charge in [0, 0.05) is 50.2 Å². The third-order valence-corrected chi connectivity index (χ3v) is 5.62. The maximum atomic E-state index is 12.3. The van der Waals surface area contributed by atoms with E-state index in [4.69, 9.17) is 0 Å². The average molecular weight is 378 g/mol. The molecule has 0 saturated carbocycles. The molecule has 0 aliphatic carbocycles. The smallest absolute Gasteiger partial charge is 0.319 e. The third-order valence-electron chi connectivity index (χ3n) is 5.62. The zero-order valence-electron chi connectivity index (χ0n) is 16.1. The van der Waals surface area contributed by atoms with Crippen LogP contribution in [0.3, 0.4) is 0 Å². The fourth-order valence-electron chi connectivity index (χ4n) is 3.95. The molecule has 2 aromatic carbocycles. The molecule has 28 heavy (non-hydrogen) atoms. The molecule has 2 heterocycles. The Hall–Kier alpha value is -3.02. The Morgan fingerprint density at radius 3 is 2.79 bits per heavy atom. The number of hydrogen-bond donors (Lipinski definition) is 2. The summed E-state index contributed by atoms with van der Waals surface area (Å²) in [6.07, 6.45) is 1.92. The summed E-state index contributed by atoms with van der Waals surface area (Å²) >= 11 is 0. The Kier molecular flexibility index (Phi) is 5.19. The SMILES string of the molecule is CN1CCc2ccc(NC(=O)NC[C@@H]3CCN(c4ccccc4)C3)cc2C1=O. The summed E-state index contributed by atoms with van der Waals surface area (Å²) in [5, 5.41) is 5.83. The van der Waals surface area contributed by atoms with Crippen LogP contribution in [-0.2, 0) is 6.42 Å². The molecule has 1 saturated heterocycles. The molecule has 146 valence electrons. The second-order valence-electron chi connectivity index (χ2n) is 7.62. The number of urea groups is 1. The number of nitrogens with zero attached hydrogens (tertiary/aromatic N) is 2. The number of hydrogen-bond acceptors (Lipinski definition) is 3. The fourth-order valence-corrected chi connectivity index (χ4v) is 3.95. The molecule has 0 spiro atoms. The van der Waals surface area contributed by atoms with Crippen LogP contribution in [0.1, 0.15) is 22.3 Å². The summed E-state index contributed by atoms with van der Waals surface area (Å²) < 4.78 is 0. The average Bonchev–Trinajstić information content (AvgIpc) is 3.19. The lowest BCUT2D eigenvalue weighted by molar-refractivity contribution is 0.0781. The molecule has 0 unspecified atom stereocenters. The molecule has 6 nitrogen and oxygen atoms in total. The van der Waals surface area contributed by atoms with Crippen LogP contribution >= 0.6 is 0 Å². The molecule has 0 bridgehead atoms. The van der Waals surface area contributed by atoms with Crippen molar-refractivity contribution in [1.82, 2.24) is 10.2 Å². The van der Waals surface area contributed by atoms with Gasteiger partial charge in [0.05, 0.1) is 0 Å². The number of likely N-dealkylation sites (N-methyl/N-ethyl adjacent to an activating group) is 1. The summed E-state index contributed by atoms with van der Waals surface area (Å²) in [7, 11) is 1.80. The van der Waals surface area contributed by atoms with Crippen LogP contribution in [0.4, 0.5) is 16.2 Å². The number of amides is 3. The lowest BCUT2D eigenvalue weighted by Gasteiger charge is -2.25. The van der Waals surface area contributed by atoms with E-state index in [0.717, 1.165) is 38.0 Å². The van der Waals surface area contributed by atoms with Gasteiger partial charge in [-0.15, -0.1) is 0 Å². The van der Waals surface area contributed by atoms with Gasteiger partial charge in [-0.1, -0.05) is 24.3 Å². The van der Waals surface area contributed by atoms with Gasteiger partial charge in [0.1, 0.15) is 0 Å². The number of para-hydroxylation sites is 1. The summed E-state index contributed by atoms with van der Waals surface area (Å²) in [5.74, 6) is 0.446. The van der Waals surface area contributed by atoms with Gasteiger partial charge in [0.25, 0.3) is 5.91 Å². The largest absolute Gasteiger partial charge is 0.371 e. The van der Waals surface area contributed by atoms with Crippen molar-refractivity contribution in [3.05, 3.63) is 59.7 Å². The molecule has 0 aromatic heterocycles. The van der Waals surface area contributed by atoms with Gasteiger partial charge < -0.3 is 20.4 Å². The second-order valence-corrected chi connectivity index (χ2v) is 7.62. The quantitative estimate of drug-likeness (QED) is 0.860. The highest BCUT2D eigenvalue weighted by Crippen LogP contribution is 2.24. The molecule has 2 aromatic rings. The monoisotopic (exact) mass is 378 g/mol. The standard InChI is InChI=1S/C22H26N4O2/c1-25-11-10-17-7-8-18(13-20(17)21(25)27)24-22(28)23-14-16-9-12-26(15-16)19-5-3-2-4-6-19/h2-8,13,16H,9-12,14-15H2,1H3,(H2,23,24,28)/t16-/m0/s1. The Labute approximate surface area is 165 Å². The molecular weight excluding hydrogens is 352 g/mol. The maximum absolute atomic E-state index is 12.3. The van der Waals surface area contributed by atoms with Crippen molar-refractivity contribution in [2.24, 2.45) is 5.92 Å². The van der Waals surface area contributed by atoms with Crippen LogP contribution < -0.4 is 15.5 Å². The summed E-state index contributed by atoms with van der Waals surface area (Å²) in [6.45, 7) is 3.34. The van der Waals surface area contributed by atoms with Crippen molar-refractivity contribution in [3.63, 3.8) is 0 Å². The highest BCUT2D eigenvalue weighted by Gasteiger charge is 2.24. The molecule has 2 N–H and O–H groups in total. The Morgan fingerprint density at radius 2 is 1.96 bits per heavy atom. The minimum Gasteiger partial charge on any atom is -0.371 e. The Morgan fingerprint density at radius 1 is 1.14 bits per heavy atom. The van der Waals surface area contributed by atoms with Crippen molar-refractivity contribution >= 4 is 23.3 Å². The van der Waals surface area contributed by atoms with Gasteiger partial charge in [-0.05, 0) is 48.6 Å². The van der Waals surface area contributed by atoms with E-state index in [0.29, 0.717) is 23.7 Å². The van der Waals surface area contributed by atoms with Crippen molar-refractivity contribution < 1.29 is 9.59 Å². The zero-order chi connectivity index (χ0) is 19.5. The Bertz CT molecular complexity index is 868. The first-order valence-electron chi connectivity index (χ1n) is 9.83. The lowest BCUT2D eigenvalue weighted by atomic mass is 9.99. The van der Waals surface area contributed by atoms with E-state index in [1.165, 1.54) is 5.69 Å². The summed E-state index contributed by atoms with van der Waals surface area (Å²) in [4.78, 5) is 28.7. The fraction of sp³-hybridized carbons (Fsp3) is 0.364. The molecule has 2 aliphatic rings. The maximum Gasteiger partial charge on any atom is 0.319 e. The summed E-state index contributed by atoms with van der Waals surface area (Å²) in [6, 6.07) is 15.7. The van der Waals surface area contributed by atoms with E-state index in [1.807, 2.05) is 18.2 Å². The van der Waals surface area contributed by atoms with E-state index in [-0.39, 0.29) is 11.9 Å². The number of anilines is 2. The topological polar surface area (TPSA) is 64.7 Å². The van der Waals surface area contributed by atoms with Crippen molar-refractivity contribution in [2.75, 3.05) is 43.4 Å². The van der Waals surface area contributed by atoms with Gasteiger partial charge in [-0.2, -0.15) is 0 Å². The molecule has 4 rings (SSSR count). The second kappa shape index (κ2) is 7.92. The molecule has 6 heteroatoms. The number of carbonyl (C=O) groups is 2. The molecule has 0 radical (unpaired) electrons. The van der Waals surface area contributed by atoms with Gasteiger partial charge in [0.2, 0.25) is 0 Å².